The van der Waals surface area contributed by atoms with E-state index in [2.05, 4.69) is 0 Å². The molecule has 1 fully saturated rings. The molecule has 2 aliphatic rings. The maximum atomic E-state index is 13.1. The van der Waals surface area contributed by atoms with Gasteiger partial charge in [-0.1, -0.05) is 6.07 Å². The number of carbonyl (C=O) groups is 3. The first kappa shape index (κ1) is 18.7. The molecule has 0 amide bonds. The van der Waals surface area contributed by atoms with Crippen LogP contribution >= 0.6 is 11.8 Å². The van der Waals surface area contributed by atoms with Crippen LogP contribution in [0.15, 0.2) is 29.8 Å². The summed E-state index contributed by atoms with van der Waals surface area (Å²) in [5.41, 5.74) is -0.679. The first-order valence-corrected chi connectivity index (χ1v) is 9.14. The van der Waals surface area contributed by atoms with Crippen LogP contribution in [0.4, 0.5) is 13.2 Å². The van der Waals surface area contributed by atoms with Gasteiger partial charge in [0, 0.05) is 31.1 Å². The fourth-order valence-corrected chi connectivity index (χ4v) is 3.84. The first-order chi connectivity index (χ1) is 12.3. The monoisotopic (exact) mass is 383 g/mol. The zero-order valence-corrected chi connectivity index (χ0v) is 14.5. The molecule has 1 heterocycles. The Kier molecular flexibility index (Phi) is 5.22. The van der Waals surface area contributed by atoms with E-state index in [1.54, 1.807) is 11.1 Å². The summed E-state index contributed by atoms with van der Waals surface area (Å²) >= 11 is 1.48. The van der Waals surface area contributed by atoms with Crippen molar-refractivity contribution in [3.8, 4) is 0 Å². The number of ketones is 3. The summed E-state index contributed by atoms with van der Waals surface area (Å²) < 4.78 is 39.2. The van der Waals surface area contributed by atoms with E-state index in [-0.39, 0.29) is 30.5 Å². The molecule has 1 aromatic rings. The molecule has 0 unspecified atom stereocenters. The Hall–Kier alpha value is -2.09. The lowest BCUT2D eigenvalue weighted by Crippen LogP contribution is -2.36. The van der Waals surface area contributed by atoms with Crippen LogP contribution in [0.5, 0.6) is 0 Å². The lowest BCUT2D eigenvalue weighted by atomic mass is 9.80. The summed E-state index contributed by atoms with van der Waals surface area (Å²) in [6.07, 6.45) is -2.11. The quantitative estimate of drug-likeness (QED) is 0.585. The number of hydrogen-bond donors (Lipinski definition) is 0. The summed E-state index contributed by atoms with van der Waals surface area (Å²) in [6.45, 7) is 0.101. The van der Waals surface area contributed by atoms with Gasteiger partial charge < -0.3 is 4.90 Å². The number of Topliss-reactive ketones (excluding diaryl/α,β-unsaturated/α-hetero) is 3. The average molecular weight is 383 g/mol. The van der Waals surface area contributed by atoms with Crippen molar-refractivity contribution in [2.75, 3.05) is 5.88 Å². The Balaban J connectivity index is 1.98. The van der Waals surface area contributed by atoms with Crippen molar-refractivity contribution < 1.29 is 27.6 Å². The molecule has 0 atom stereocenters. The molecule has 1 aliphatic carbocycles. The first-order valence-electron chi connectivity index (χ1n) is 8.09. The maximum Gasteiger partial charge on any atom is 0.416 e. The molecule has 0 spiro atoms. The van der Waals surface area contributed by atoms with Crippen LogP contribution in [0.2, 0.25) is 0 Å². The second-order valence-electron chi connectivity index (χ2n) is 6.28. The summed E-state index contributed by atoms with van der Waals surface area (Å²) in [6, 6.07) is 2.84. The third-order valence-corrected chi connectivity index (χ3v) is 5.23. The summed E-state index contributed by atoms with van der Waals surface area (Å²) in [4.78, 5) is 38.7. The third-order valence-electron chi connectivity index (χ3n) is 4.43. The van der Waals surface area contributed by atoms with Gasteiger partial charge in [-0.2, -0.15) is 13.2 Å². The van der Waals surface area contributed by atoms with Crippen molar-refractivity contribution in [2.24, 2.45) is 5.92 Å². The number of alkyl halides is 3. The smallest absolute Gasteiger partial charge is 0.363 e. The van der Waals surface area contributed by atoms with Crippen molar-refractivity contribution >= 4 is 29.1 Å². The fraction of sp³-hybridized carbons (Fsp3) is 0.389. The number of benzene rings is 1. The summed E-state index contributed by atoms with van der Waals surface area (Å²) in [5, 5.41) is 1.81. The van der Waals surface area contributed by atoms with Crippen molar-refractivity contribution in [1.29, 1.82) is 0 Å². The molecule has 3 rings (SSSR count). The highest BCUT2D eigenvalue weighted by Gasteiger charge is 2.38. The fourth-order valence-electron chi connectivity index (χ4n) is 3.12. The maximum absolute atomic E-state index is 13.1. The predicted octanol–water partition coefficient (Wildman–Crippen LogP) is 3.80. The number of rotatable bonds is 4. The van der Waals surface area contributed by atoms with Crippen LogP contribution in [-0.4, -0.2) is 28.1 Å². The minimum Gasteiger partial charge on any atom is -0.363 e. The second-order valence-corrected chi connectivity index (χ2v) is 7.14. The van der Waals surface area contributed by atoms with Crippen molar-refractivity contribution in [3.63, 3.8) is 0 Å². The molecular formula is C18H16F3NO3S. The largest absolute Gasteiger partial charge is 0.416 e. The minimum absolute atomic E-state index is 0.0110. The van der Waals surface area contributed by atoms with Gasteiger partial charge in [-0.25, -0.2) is 0 Å². The van der Waals surface area contributed by atoms with Crippen LogP contribution in [-0.2, 0) is 22.3 Å². The van der Waals surface area contributed by atoms with E-state index in [0.717, 1.165) is 18.2 Å². The average Bonchev–Trinajstić information content (AvgIpc) is 3.06. The number of hydrogen-bond acceptors (Lipinski definition) is 5. The van der Waals surface area contributed by atoms with Crippen LogP contribution in [0.3, 0.4) is 0 Å². The number of carbonyl (C=O) groups excluding carboxylic acids is 3. The van der Waals surface area contributed by atoms with E-state index in [9.17, 15) is 27.6 Å². The Morgan fingerprint density at radius 1 is 1.19 bits per heavy atom. The zero-order valence-electron chi connectivity index (χ0n) is 13.7. The van der Waals surface area contributed by atoms with Gasteiger partial charge in [0.05, 0.1) is 11.4 Å². The van der Waals surface area contributed by atoms with Gasteiger partial charge in [0.15, 0.2) is 17.3 Å². The highest BCUT2D eigenvalue weighted by Crippen LogP contribution is 2.33. The van der Waals surface area contributed by atoms with Gasteiger partial charge >= 0.3 is 6.18 Å². The molecule has 0 bridgehead atoms. The Labute approximate surface area is 152 Å². The third kappa shape index (κ3) is 3.85. The molecule has 0 aromatic heterocycles. The lowest BCUT2D eigenvalue weighted by Gasteiger charge is -2.22. The van der Waals surface area contributed by atoms with Crippen molar-refractivity contribution in [2.45, 2.75) is 32.0 Å². The topological polar surface area (TPSA) is 54.5 Å². The lowest BCUT2D eigenvalue weighted by molar-refractivity contribution is -0.138. The zero-order chi connectivity index (χ0) is 18.9. The summed E-state index contributed by atoms with van der Waals surface area (Å²) in [5.74, 6) is -2.42. The summed E-state index contributed by atoms with van der Waals surface area (Å²) in [7, 11) is 0. The van der Waals surface area contributed by atoms with Crippen molar-refractivity contribution in [1.82, 2.24) is 4.90 Å². The number of thioether (sulfide) groups is 1. The number of nitrogens with zero attached hydrogens (tertiary/aromatic N) is 1. The van der Waals surface area contributed by atoms with E-state index in [4.69, 9.17) is 0 Å². The van der Waals surface area contributed by atoms with E-state index < -0.39 is 35.0 Å². The molecule has 8 heteroatoms. The van der Waals surface area contributed by atoms with Gasteiger partial charge in [0.25, 0.3) is 0 Å². The van der Waals surface area contributed by atoms with Crippen LogP contribution in [0.1, 0.15) is 40.7 Å². The molecule has 26 heavy (non-hydrogen) atoms. The van der Waals surface area contributed by atoms with Gasteiger partial charge in [-0.3, -0.25) is 14.4 Å². The molecule has 0 saturated heterocycles. The van der Waals surface area contributed by atoms with Gasteiger partial charge in [0.1, 0.15) is 5.92 Å². The molecule has 0 N–H and O–H groups in total. The second kappa shape index (κ2) is 7.26. The molecule has 0 radical (unpaired) electrons. The minimum atomic E-state index is -4.54. The highest BCUT2D eigenvalue weighted by molar-refractivity contribution is 8.02. The van der Waals surface area contributed by atoms with Gasteiger partial charge in [-0.05, 0) is 29.5 Å². The van der Waals surface area contributed by atoms with E-state index >= 15 is 0 Å². The molecule has 138 valence electrons. The SMILES string of the molecule is O=C1CCCC(=O)C1C(=O)c1ccc(C(F)(F)F)cc1CN1C=CSC1. The van der Waals surface area contributed by atoms with Crippen LogP contribution in [0, 0.1) is 5.92 Å². The molecule has 1 aliphatic heterocycles. The van der Waals surface area contributed by atoms with Crippen LogP contribution < -0.4 is 0 Å². The Morgan fingerprint density at radius 2 is 1.88 bits per heavy atom. The molecule has 4 nitrogen and oxygen atoms in total. The molecule has 1 aromatic carbocycles. The van der Waals surface area contributed by atoms with E-state index in [0.29, 0.717) is 12.3 Å². The van der Waals surface area contributed by atoms with Gasteiger partial charge in [0.2, 0.25) is 0 Å². The predicted molar refractivity (Wildman–Crippen MR) is 90.3 cm³/mol. The highest BCUT2D eigenvalue weighted by atomic mass is 32.2. The molecular weight excluding hydrogens is 367 g/mol. The Bertz CT molecular complexity index is 772. The normalized spacial score (nSPS) is 18.7. The van der Waals surface area contributed by atoms with Gasteiger partial charge in [-0.15, -0.1) is 11.8 Å². The number of halogens is 3. The van der Waals surface area contributed by atoms with E-state index in [1.807, 2.05) is 5.41 Å². The Morgan fingerprint density at radius 3 is 2.46 bits per heavy atom. The van der Waals surface area contributed by atoms with Crippen molar-refractivity contribution in [3.05, 3.63) is 46.5 Å². The molecule has 1 saturated carbocycles. The standard InChI is InChI=1S/C18H16F3NO3S/c19-18(20,21)12-4-5-13(11(8-12)9-22-6-7-26-10-22)17(25)16-14(23)2-1-3-15(16)24/h4-8,16H,1-3,9-10H2. The van der Waals surface area contributed by atoms with E-state index in [1.165, 1.54) is 11.8 Å². The van der Waals surface area contributed by atoms with Crippen LogP contribution in [0.25, 0.3) is 0 Å².